The standard InChI is InChI=1S/C16H16O7S/c1-10-4-6-12(7-5-10)24(19,20)23-14-9-11(16(17)18)8-13(21-2)15(14)22-3/h4-9H,1-3H3,(H,17,18). The number of carbonyl (C=O) groups is 1. The van der Waals surface area contributed by atoms with Crippen LogP contribution in [0.2, 0.25) is 0 Å². The Kier molecular flexibility index (Phi) is 4.99. The topological polar surface area (TPSA) is 99.1 Å². The first-order valence-electron chi connectivity index (χ1n) is 6.79. The molecule has 8 heteroatoms. The molecule has 0 heterocycles. The summed E-state index contributed by atoms with van der Waals surface area (Å²) in [4.78, 5) is 11.1. The van der Waals surface area contributed by atoms with Crippen molar-refractivity contribution in [2.75, 3.05) is 14.2 Å². The van der Waals surface area contributed by atoms with E-state index in [1.165, 1.54) is 32.4 Å². The van der Waals surface area contributed by atoms with Crippen LogP contribution in [-0.4, -0.2) is 33.7 Å². The molecule has 0 radical (unpaired) electrons. The minimum Gasteiger partial charge on any atom is -0.493 e. The maximum absolute atomic E-state index is 12.4. The molecule has 0 aromatic heterocycles. The van der Waals surface area contributed by atoms with Crippen LogP contribution in [0.4, 0.5) is 0 Å². The van der Waals surface area contributed by atoms with E-state index in [1.54, 1.807) is 12.1 Å². The van der Waals surface area contributed by atoms with Gasteiger partial charge < -0.3 is 18.8 Å². The zero-order chi connectivity index (χ0) is 17.9. The minimum atomic E-state index is -4.16. The van der Waals surface area contributed by atoms with E-state index in [0.717, 1.165) is 11.6 Å². The van der Waals surface area contributed by atoms with Gasteiger partial charge >= 0.3 is 16.1 Å². The molecule has 0 aliphatic rings. The van der Waals surface area contributed by atoms with E-state index in [-0.39, 0.29) is 27.7 Å². The lowest BCUT2D eigenvalue weighted by Crippen LogP contribution is -2.11. The summed E-state index contributed by atoms with van der Waals surface area (Å²) in [7, 11) is -1.56. The van der Waals surface area contributed by atoms with E-state index in [2.05, 4.69) is 0 Å². The minimum absolute atomic E-state index is 0.0156. The van der Waals surface area contributed by atoms with Gasteiger partial charge in [-0.15, -0.1) is 0 Å². The molecule has 2 rings (SSSR count). The van der Waals surface area contributed by atoms with Crippen LogP contribution in [0.1, 0.15) is 15.9 Å². The number of hydrogen-bond acceptors (Lipinski definition) is 6. The SMILES string of the molecule is COc1cc(C(=O)O)cc(OS(=O)(=O)c2ccc(C)cc2)c1OC. The summed E-state index contributed by atoms with van der Waals surface area (Å²) in [6, 6.07) is 8.33. The van der Waals surface area contributed by atoms with Gasteiger partial charge in [-0.2, -0.15) is 8.42 Å². The number of methoxy groups -OCH3 is 2. The van der Waals surface area contributed by atoms with Crippen LogP contribution < -0.4 is 13.7 Å². The van der Waals surface area contributed by atoms with Crippen LogP contribution in [0.15, 0.2) is 41.3 Å². The maximum Gasteiger partial charge on any atom is 0.339 e. The molecule has 0 bridgehead atoms. The number of rotatable bonds is 6. The van der Waals surface area contributed by atoms with Crippen molar-refractivity contribution in [2.45, 2.75) is 11.8 Å². The van der Waals surface area contributed by atoms with Crippen molar-refractivity contribution >= 4 is 16.1 Å². The number of ether oxygens (including phenoxy) is 2. The van der Waals surface area contributed by atoms with Crippen molar-refractivity contribution in [3.05, 3.63) is 47.5 Å². The molecule has 0 unspecified atom stereocenters. The number of carboxylic acids is 1. The Morgan fingerprint density at radius 2 is 1.58 bits per heavy atom. The van der Waals surface area contributed by atoms with Gasteiger partial charge in [0.15, 0.2) is 11.5 Å². The molecule has 128 valence electrons. The lowest BCUT2D eigenvalue weighted by Gasteiger charge is -2.14. The molecule has 0 atom stereocenters. The van der Waals surface area contributed by atoms with E-state index in [4.69, 9.17) is 18.8 Å². The van der Waals surface area contributed by atoms with Gasteiger partial charge in [0.05, 0.1) is 19.8 Å². The number of hydrogen-bond donors (Lipinski definition) is 1. The molecule has 0 fully saturated rings. The summed E-state index contributed by atoms with van der Waals surface area (Å²) in [5.74, 6) is -1.49. The Labute approximate surface area is 139 Å². The highest BCUT2D eigenvalue weighted by Crippen LogP contribution is 2.39. The average Bonchev–Trinajstić information content (AvgIpc) is 2.53. The molecule has 0 aliphatic carbocycles. The van der Waals surface area contributed by atoms with Crippen molar-refractivity contribution in [1.29, 1.82) is 0 Å². The molecule has 2 aromatic carbocycles. The molecule has 24 heavy (non-hydrogen) atoms. The highest BCUT2D eigenvalue weighted by molar-refractivity contribution is 7.87. The zero-order valence-corrected chi connectivity index (χ0v) is 14.1. The van der Waals surface area contributed by atoms with E-state index in [0.29, 0.717) is 0 Å². The van der Waals surface area contributed by atoms with Crippen molar-refractivity contribution in [1.82, 2.24) is 0 Å². The van der Waals surface area contributed by atoms with Crippen molar-refractivity contribution in [2.24, 2.45) is 0 Å². The normalized spacial score (nSPS) is 11.0. The van der Waals surface area contributed by atoms with Gasteiger partial charge in [-0.25, -0.2) is 4.79 Å². The summed E-state index contributed by atoms with van der Waals surface area (Å²) < 4.78 is 40.0. The van der Waals surface area contributed by atoms with Crippen LogP contribution in [0.3, 0.4) is 0 Å². The molecular formula is C16H16O7S. The Hall–Kier alpha value is -2.74. The fourth-order valence-electron chi connectivity index (χ4n) is 1.99. The average molecular weight is 352 g/mol. The summed E-state index contributed by atoms with van der Waals surface area (Å²) in [6.07, 6.45) is 0. The molecule has 0 aliphatic heterocycles. The van der Waals surface area contributed by atoms with E-state index in [1.807, 2.05) is 6.92 Å². The Balaban J connectivity index is 2.52. The fraction of sp³-hybridized carbons (Fsp3) is 0.188. The highest BCUT2D eigenvalue weighted by Gasteiger charge is 2.23. The fourth-order valence-corrected chi connectivity index (χ4v) is 2.91. The summed E-state index contributed by atoms with van der Waals surface area (Å²) in [5.41, 5.74) is 0.697. The summed E-state index contributed by atoms with van der Waals surface area (Å²) in [5, 5.41) is 9.14. The quantitative estimate of drug-likeness (QED) is 0.797. The van der Waals surface area contributed by atoms with Crippen LogP contribution in [0.25, 0.3) is 0 Å². The van der Waals surface area contributed by atoms with Gasteiger partial charge in [0.1, 0.15) is 4.90 Å². The number of aryl methyl sites for hydroxylation is 1. The lowest BCUT2D eigenvalue weighted by molar-refractivity contribution is 0.0696. The van der Waals surface area contributed by atoms with Gasteiger partial charge in [0.25, 0.3) is 0 Å². The van der Waals surface area contributed by atoms with Crippen LogP contribution in [0, 0.1) is 6.92 Å². The largest absolute Gasteiger partial charge is 0.493 e. The van der Waals surface area contributed by atoms with E-state index < -0.39 is 16.1 Å². The Bertz CT molecular complexity index is 855. The van der Waals surface area contributed by atoms with Gasteiger partial charge in [-0.05, 0) is 25.1 Å². The van der Waals surface area contributed by atoms with Crippen molar-refractivity contribution < 1.29 is 32.0 Å². The van der Waals surface area contributed by atoms with Gasteiger partial charge in [0.2, 0.25) is 5.75 Å². The first-order chi connectivity index (χ1) is 11.3. The predicted octanol–water partition coefficient (Wildman–Crippen LogP) is 2.48. The first-order valence-corrected chi connectivity index (χ1v) is 8.20. The second kappa shape index (κ2) is 6.79. The molecular weight excluding hydrogens is 336 g/mol. The lowest BCUT2D eigenvalue weighted by atomic mass is 10.2. The van der Waals surface area contributed by atoms with Gasteiger partial charge in [-0.3, -0.25) is 0 Å². The van der Waals surface area contributed by atoms with Gasteiger partial charge in [-0.1, -0.05) is 17.7 Å². The number of aromatic carboxylic acids is 1. The van der Waals surface area contributed by atoms with E-state index >= 15 is 0 Å². The van der Waals surface area contributed by atoms with E-state index in [9.17, 15) is 13.2 Å². The number of benzene rings is 2. The Morgan fingerprint density at radius 1 is 1.00 bits per heavy atom. The van der Waals surface area contributed by atoms with Crippen LogP contribution >= 0.6 is 0 Å². The monoisotopic (exact) mass is 352 g/mol. The molecule has 0 spiro atoms. The smallest absolute Gasteiger partial charge is 0.339 e. The zero-order valence-electron chi connectivity index (χ0n) is 13.3. The first kappa shape index (κ1) is 17.6. The summed E-state index contributed by atoms with van der Waals surface area (Å²) in [6.45, 7) is 1.82. The summed E-state index contributed by atoms with van der Waals surface area (Å²) >= 11 is 0. The molecule has 0 amide bonds. The van der Waals surface area contributed by atoms with Crippen LogP contribution in [0.5, 0.6) is 17.2 Å². The molecule has 0 saturated heterocycles. The second-order valence-corrected chi connectivity index (χ2v) is 6.41. The number of carboxylic acid groups (broad SMARTS) is 1. The second-order valence-electron chi connectivity index (χ2n) is 4.87. The highest BCUT2D eigenvalue weighted by atomic mass is 32.2. The molecule has 7 nitrogen and oxygen atoms in total. The third kappa shape index (κ3) is 3.60. The van der Waals surface area contributed by atoms with Crippen molar-refractivity contribution in [3.63, 3.8) is 0 Å². The third-order valence-electron chi connectivity index (χ3n) is 3.20. The molecule has 0 saturated carbocycles. The molecule has 2 aromatic rings. The predicted molar refractivity (Wildman–Crippen MR) is 85.5 cm³/mol. The Morgan fingerprint density at radius 3 is 2.08 bits per heavy atom. The molecule has 1 N–H and O–H groups in total. The van der Waals surface area contributed by atoms with Crippen LogP contribution in [-0.2, 0) is 10.1 Å². The van der Waals surface area contributed by atoms with Crippen molar-refractivity contribution in [3.8, 4) is 17.2 Å². The van der Waals surface area contributed by atoms with Gasteiger partial charge in [0, 0.05) is 6.07 Å². The maximum atomic E-state index is 12.4. The third-order valence-corrected chi connectivity index (χ3v) is 4.45.